The van der Waals surface area contributed by atoms with Crippen molar-refractivity contribution in [2.45, 2.75) is 0 Å². The fourth-order valence-electron chi connectivity index (χ4n) is 2.73. The van der Waals surface area contributed by atoms with Gasteiger partial charge < -0.3 is 5.32 Å². The van der Waals surface area contributed by atoms with Crippen LogP contribution in [0.15, 0.2) is 52.7 Å². The van der Waals surface area contributed by atoms with E-state index in [9.17, 15) is 19.7 Å². The van der Waals surface area contributed by atoms with Crippen LogP contribution in [0.2, 0.25) is 5.02 Å². The predicted molar refractivity (Wildman–Crippen MR) is 107 cm³/mol. The van der Waals surface area contributed by atoms with Gasteiger partial charge in [-0.05, 0) is 30.3 Å². The van der Waals surface area contributed by atoms with Crippen LogP contribution in [0.25, 0.3) is 0 Å². The van der Waals surface area contributed by atoms with Crippen LogP contribution in [-0.2, 0) is 9.59 Å². The molecule has 2 aromatic rings. The Morgan fingerprint density at radius 1 is 1.14 bits per heavy atom. The molecule has 0 unspecified atom stereocenters. The molecule has 0 bridgehead atoms. The maximum absolute atomic E-state index is 12.2. The molecule has 1 saturated heterocycles. The van der Waals surface area contributed by atoms with E-state index < -0.39 is 10.8 Å². The van der Waals surface area contributed by atoms with Gasteiger partial charge in [-0.2, -0.15) is 0 Å². The highest BCUT2D eigenvalue weighted by atomic mass is 35.5. The number of carbonyl (C=O) groups excluding carboxylic acids is 2. The fraction of sp³-hybridized carbons (Fsp3) is 0.0588. The largest absolute Gasteiger partial charge is 0.320 e. The van der Waals surface area contributed by atoms with Gasteiger partial charge in [-0.1, -0.05) is 23.4 Å². The van der Waals surface area contributed by atoms with Crippen molar-refractivity contribution < 1.29 is 14.5 Å². The summed E-state index contributed by atoms with van der Waals surface area (Å²) in [6, 6.07) is 10.6. The van der Waals surface area contributed by atoms with E-state index in [-0.39, 0.29) is 28.6 Å². The lowest BCUT2D eigenvalue weighted by atomic mass is 10.1. The predicted octanol–water partition coefficient (Wildman–Crippen LogP) is 3.04. The number of nitro groups is 1. The van der Waals surface area contributed by atoms with Crippen LogP contribution < -0.4 is 10.2 Å². The summed E-state index contributed by atoms with van der Waals surface area (Å²) in [7, 11) is 0. The Labute approximate surface area is 167 Å². The van der Waals surface area contributed by atoms with E-state index >= 15 is 0 Å². The summed E-state index contributed by atoms with van der Waals surface area (Å²) in [5, 5.41) is 22.5. The summed E-state index contributed by atoms with van der Waals surface area (Å²) in [6.07, 6.45) is 0. The molecule has 0 spiro atoms. The van der Waals surface area contributed by atoms with Crippen LogP contribution >= 0.6 is 23.4 Å². The number of hydrogen-bond donors (Lipinski definition) is 1. The van der Waals surface area contributed by atoms with Gasteiger partial charge in [-0.25, -0.2) is 0 Å². The molecule has 2 aliphatic heterocycles. The van der Waals surface area contributed by atoms with E-state index in [1.807, 2.05) is 0 Å². The number of carbonyl (C=O) groups is 2. The van der Waals surface area contributed by atoms with Crippen LogP contribution in [0, 0.1) is 10.1 Å². The molecule has 0 radical (unpaired) electrons. The summed E-state index contributed by atoms with van der Waals surface area (Å²) in [6.45, 7) is 0. The molecule has 4 rings (SSSR count). The number of amidine groups is 1. The Bertz CT molecular complexity index is 1080. The Morgan fingerprint density at radius 2 is 1.89 bits per heavy atom. The summed E-state index contributed by atoms with van der Waals surface area (Å²) in [5.41, 5.74) is 1.06. The molecule has 2 aliphatic rings. The molecule has 2 amide bonds. The van der Waals surface area contributed by atoms with E-state index in [1.165, 1.54) is 34.9 Å². The minimum atomic E-state index is -0.555. The maximum atomic E-state index is 12.2. The summed E-state index contributed by atoms with van der Waals surface area (Å²) in [5.74, 6) is -0.522. The smallest absolute Gasteiger partial charge is 0.276 e. The van der Waals surface area contributed by atoms with Crippen LogP contribution in [0.4, 0.5) is 17.1 Å². The van der Waals surface area contributed by atoms with Crippen molar-refractivity contribution in [3.05, 3.63) is 63.2 Å². The first-order chi connectivity index (χ1) is 13.4. The number of amides is 2. The van der Waals surface area contributed by atoms with Gasteiger partial charge in [0.15, 0.2) is 10.9 Å². The number of non-ortho nitro benzene ring substituents is 1. The molecular weight excluding hydrogens is 406 g/mol. The molecule has 140 valence electrons. The molecule has 0 aliphatic carbocycles. The van der Waals surface area contributed by atoms with Gasteiger partial charge in [0.2, 0.25) is 5.91 Å². The third-order valence-electron chi connectivity index (χ3n) is 4.02. The second-order valence-corrected chi connectivity index (χ2v) is 7.15. The topological polar surface area (TPSA) is 117 Å². The molecule has 2 heterocycles. The third kappa shape index (κ3) is 3.23. The van der Waals surface area contributed by atoms with E-state index in [2.05, 4.69) is 15.5 Å². The average molecular weight is 416 g/mol. The first kappa shape index (κ1) is 18.1. The standard InChI is InChI=1S/C17H10ClN5O4S/c18-9-1-3-10(4-2-9)22-14(24)8-28-17(22)21-20-15-12-7-11(23(26)27)5-6-13(12)19-16(15)25/h1-7H,8H2,(H,19,20,25)/b21-17+. The first-order valence-electron chi connectivity index (χ1n) is 7.91. The van der Waals surface area contributed by atoms with Gasteiger partial charge in [-0.15, -0.1) is 10.2 Å². The molecule has 0 atom stereocenters. The lowest BCUT2D eigenvalue weighted by Gasteiger charge is -2.15. The van der Waals surface area contributed by atoms with Crippen LogP contribution in [-0.4, -0.2) is 33.4 Å². The first-order valence-corrected chi connectivity index (χ1v) is 9.27. The average Bonchev–Trinajstić information content (AvgIpc) is 3.19. The molecule has 2 aromatic carbocycles. The van der Waals surface area contributed by atoms with Gasteiger partial charge in [-0.3, -0.25) is 24.6 Å². The number of nitrogens with zero attached hydrogens (tertiary/aromatic N) is 4. The number of thioether (sulfide) groups is 1. The van der Waals surface area contributed by atoms with Crippen LogP contribution in [0.3, 0.4) is 0 Å². The molecule has 1 fully saturated rings. The Morgan fingerprint density at radius 3 is 2.61 bits per heavy atom. The summed E-state index contributed by atoms with van der Waals surface area (Å²) < 4.78 is 0. The van der Waals surface area contributed by atoms with E-state index in [0.717, 1.165) is 0 Å². The molecule has 9 nitrogen and oxygen atoms in total. The number of nitrogens with one attached hydrogen (secondary N) is 1. The van der Waals surface area contributed by atoms with Gasteiger partial charge in [0.1, 0.15) is 0 Å². The summed E-state index contributed by atoms with van der Waals surface area (Å²) >= 11 is 7.06. The zero-order chi connectivity index (χ0) is 19.8. The highest BCUT2D eigenvalue weighted by Crippen LogP contribution is 2.30. The normalized spacial score (nSPS) is 18.7. The van der Waals surface area contributed by atoms with Gasteiger partial charge >= 0.3 is 0 Å². The SMILES string of the molecule is O=C1Nc2ccc([N+](=O)[O-])cc2/C1=N/N=C1/SCC(=O)N1c1ccc(Cl)cc1. The van der Waals surface area contributed by atoms with Crippen molar-refractivity contribution >= 4 is 63.1 Å². The van der Waals surface area contributed by atoms with Crippen molar-refractivity contribution in [3.63, 3.8) is 0 Å². The quantitative estimate of drug-likeness (QED) is 0.610. The van der Waals surface area contributed by atoms with Crippen molar-refractivity contribution in [3.8, 4) is 0 Å². The number of halogens is 1. The summed E-state index contributed by atoms with van der Waals surface area (Å²) in [4.78, 5) is 36.2. The van der Waals surface area contributed by atoms with Crippen molar-refractivity contribution in [2.24, 2.45) is 10.2 Å². The fourth-order valence-corrected chi connectivity index (χ4v) is 3.67. The minimum Gasteiger partial charge on any atom is -0.320 e. The number of hydrogen-bond acceptors (Lipinski definition) is 7. The van der Waals surface area contributed by atoms with Crippen molar-refractivity contribution in [2.75, 3.05) is 16.0 Å². The Kier molecular flexibility index (Phi) is 4.57. The highest BCUT2D eigenvalue weighted by molar-refractivity contribution is 8.15. The van der Waals surface area contributed by atoms with E-state index in [0.29, 0.717) is 21.6 Å². The zero-order valence-electron chi connectivity index (χ0n) is 14.0. The van der Waals surface area contributed by atoms with Gasteiger partial charge in [0, 0.05) is 22.7 Å². The second-order valence-electron chi connectivity index (χ2n) is 5.77. The lowest BCUT2D eigenvalue weighted by molar-refractivity contribution is -0.384. The van der Waals surface area contributed by atoms with E-state index in [1.54, 1.807) is 24.3 Å². The van der Waals surface area contributed by atoms with Gasteiger partial charge in [0.25, 0.3) is 11.6 Å². The van der Waals surface area contributed by atoms with Crippen LogP contribution in [0.1, 0.15) is 5.56 Å². The molecule has 28 heavy (non-hydrogen) atoms. The monoisotopic (exact) mass is 415 g/mol. The number of anilines is 2. The lowest BCUT2D eigenvalue weighted by Crippen LogP contribution is -2.29. The number of fused-ring (bicyclic) bond motifs is 1. The number of nitro benzene ring substituents is 1. The molecule has 0 aromatic heterocycles. The molecule has 1 N–H and O–H groups in total. The van der Waals surface area contributed by atoms with Crippen LogP contribution in [0.5, 0.6) is 0 Å². The second kappa shape index (κ2) is 7.06. The molecule has 0 saturated carbocycles. The minimum absolute atomic E-state index is 0.0535. The molecule has 11 heteroatoms. The molecular formula is C17H10ClN5O4S. The highest BCUT2D eigenvalue weighted by Gasteiger charge is 2.31. The number of benzene rings is 2. The maximum Gasteiger partial charge on any atom is 0.276 e. The van der Waals surface area contributed by atoms with E-state index in [4.69, 9.17) is 11.6 Å². The number of rotatable bonds is 3. The van der Waals surface area contributed by atoms with Crippen molar-refractivity contribution in [1.29, 1.82) is 0 Å². The zero-order valence-corrected chi connectivity index (χ0v) is 15.5. The van der Waals surface area contributed by atoms with Gasteiger partial charge in [0.05, 0.1) is 22.1 Å². The third-order valence-corrected chi connectivity index (χ3v) is 5.18. The Balaban J connectivity index is 1.71. The van der Waals surface area contributed by atoms with Crippen molar-refractivity contribution in [1.82, 2.24) is 0 Å². The Hall–Kier alpha value is -3.24.